The minimum Gasteiger partial charge on any atom is -0.451 e. The zero-order valence-electron chi connectivity index (χ0n) is 16.8. The van der Waals surface area contributed by atoms with Crippen molar-refractivity contribution in [2.75, 3.05) is 0 Å². The van der Waals surface area contributed by atoms with Gasteiger partial charge in [-0.05, 0) is 53.7 Å². The van der Waals surface area contributed by atoms with Crippen LogP contribution in [-0.2, 0) is 24.3 Å². The number of esters is 1. The quantitative estimate of drug-likeness (QED) is 0.601. The van der Waals surface area contributed by atoms with Crippen LogP contribution in [-0.4, -0.2) is 44.0 Å². The van der Waals surface area contributed by atoms with Gasteiger partial charge in [-0.25, -0.2) is 13.2 Å². The van der Waals surface area contributed by atoms with Crippen molar-refractivity contribution >= 4 is 27.9 Å². The number of amides is 3. The second-order valence-corrected chi connectivity index (χ2v) is 9.14. The van der Waals surface area contributed by atoms with E-state index in [2.05, 4.69) is 15.4 Å². The Balaban J connectivity index is 2.64. The Labute approximate surface area is 165 Å². The minimum absolute atomic E-state index is 0.00222. The molecule has 0 saturated carbocycles. The van der Waals surface area contributed by atoms with Gasteiger partial charge >= 0.3 is 12.0 Å². The number of nitrogens with one attached hydrogen (secondary N) is 3. The molecule has 3 amide bonds. The Morgan fingerprint density at radius 3 is 2.07 bits per heavy atom. The second-order valence-electron chi connectivity index (χ2n) is 7.43. The van der Waals surface area contributed by atoms with Crippen LogP contribution in [0, 0.1) is 6.92 Å². The summed E-state index contributed by atoms with van der Waals surface area (Å²) in [4.78, 5) is 35.7. The van der Waals surface area contributed by atoms with Crippen molar-refractivity contribution < 1.29 is 27.5 Å². The summed E-state index contributed by atoms with van der Waals surface area (Å²) in [5.74, 6) is -1.78. The molecule has 1 aromatic rings. The molecule has 0 spiro atoms. The Kier molecular flexibility index (Phi) is 7.71. The lowest BCUT2D eigenvalue weighted by Gasteiger charge is -2.21. The predicted molar refractivity (Wildman–Crippen MR) is 103 cm³/mol. The van der Waals surface area contributed by atoms with Gasteiger partial charge in [-0.3, -0.25) is 14.9 Å². The van der Waals surface area contributed by atoms with Gasteiger partial charge in [0.05, 0.1) is 4.90 Å². The van der Waals surface area contributed by atoms with Crippen molar-refractivity contribution in [3.63, 3.8) is 0 Å². The van der Waals surface area contributed by atoms with Crippen LogP contribution in [0.4, 0.5) is 4.79 Å². The molecule has 0 aliphatic heterocycles. The molecular weight excluding hydrogens is 386 g/mol. The summed E-state index contributed by atoms with van der Waals surface area (Å²) < 4.78 is 31.8. The first-order valence-electron chi connectivity index (χ1n) is 8.64. The molecule has 0 aromatic heterocycles. The van der Waals surface area contributed by atoms with Crippen molar-refractivity contribution in [2.45, 2.75) is 64.1 Å². The smallest absolute Gasteiger partial charge is 0.324 e. The molecule has 2 atom stereocenters. The van der Waals surface area contributed by atoms with Crippen molar-refractivity contribution in [1.29, 1.82) is 0 Å². The molecule has 0 unspecified atom stereocenters. The standard InChI is InChI=1S/C18H27N3O6S/c1-11-7-9-14(10-8-11)28(25,26)21-12(2)16(23)27-13(3)15(22)19-17(24)20-18(4,5)6/h7-10,12-13,21H,1-6H3,(H2,19,20,22,24)/t12-,13-/m0/s1. The van der Waals surface area contributed by atoms with E-state index < -0.39 is 45.6 Å². The molecular formula is C18H27N3O6S. The number of sulfonamides is 1. The largest absolute Gasteiger partial charge is 0.451 e. The zero-order chi connectivity index (χ0) is 21.7. The molecule has 1 rings (SSSR count). The van der Waals surface area contributed by atoms with Gasteiger partial charge in [-0.1, -0.05) is 17.7 Å². The molecule has 0 saturated heterocycles. The third-order valence-electron chi connectivity index (χ3n) is 3.40. The van der Waals surface area contributed by atoms with Crippen LogP contribution in [0.5, 0.6) is 0 Å². The van der Waals surface area contributed by atoms with E-state index in [0.717, 1.165) is 5.56 Å². The van der Waals surface area contributed by atoms with Gasteiger partial charge in [0.1, 0.15) is 6.04 Å². The summed E-state index contributed by atoms with van der Waals surface area (Å²) >= 11 is 0. The molecule has 0 fully saturated rings. The zero-order valence-corrected chi connectivity index (χ0v) is 17.6. The molecule has 0 bridgehead atoms. The Morgan fingerprint density at radius 1 is 1.04 bits per heavy atom. The van der Waals surface area contributed by atoms with E-state index in [9.17, 15) is 22.8 Å². The highest BCUT2D eigenvalue weighted by atomic mass is 32.2. The Hall–Kier alpha value is -2.46. The normalized spacial score (nSPS) is 13.9. The third-order valence-corrected chi connectivity index (χ3v) is 4.96. The summed E-state index contributed by atoms with van der Waals surface area (Å²) in [5.41, 5.74) is 0.342. The predicted octanol–water partition coefficient (Wildman–Crippen LogP) is 1.22. The van der Waals surface area contributed by atoms with Crippen LogP contribution in [0.15, 0.2) is 29.2 Å². The van der Waals surface area contributed by atoms with Gasteiger partial charge in [0.2, 0.25) is 10.0 Å². The molecule has 10 heteroatoms. The van der Waals surface area contributed by atoms with Crippen molar-refractivity contribution in [2.24, 2.45) is 0 Å². The molecule has 156 valence electrons. The molecule has 3 N–H and O–H groups in total. The van der Waals surface area contributed by atoms with Crippen molar-refractivity contribution in [3.8, 4) is 0 Å². The van der Waals surface area contributed by atoms with Gasteiger partial charge in [0.25, 0.3) is 5.91 Å². The van der Waals surface area contributed by atoms with Crippen LogP contribution in [0.3, 0.4) is 0 Å². The molecule has 9 nitrogen and oxygen atoms in total. The lowest BCUT2D eigenvalue weighted by atomic mass is 10.1. The number of imide groups is 1. The molecule has 0 aliphatic carbocycles. The number of carbonyl (C=O) groups excluding carboxylic acids is 3. The van der Waals surface area contributed by atoms with Crippen LogP contribution in [0.1, 0.15) is 40.2 Å². The fourth-order valence-electron chi connectivity index (χ4n) is 1.98. The summed E-state index contributed by atoms with van der Waals surface area (Å²) in [6.07, 6.45) is -1.29. The number of hydrogen-bond donors (Lipinski definition) is 3. The first-order valence-corrected chi connectivity index (χ1v) is 10.1. The van der Waals surface area contributed by atoms with E-state index in [1.807, 2.05) is 6.92 Å². The number of hydrogen-bond acceptors (Lipinski definition) is 6. The van der Waals surface area contributed by atoms with E-state index >= 15 is 0 Å². The van der Waals surface area contributed by atoms with Crippen LogP contribution in [0.25, 0.3) is 0 Å². The number of carbonyl (C=O) groups is 3. The van der Waals surface area contributed by atoms with E-state index in [4.69, 9.17) is 4.74 Å². The Bertz CT molecular complexity index is 828. The second kappa shape index (κ2) is 9.16. The van der Waals surface area contributed by atoms with Crippen molar-refractivity contribution in [3.05, 3.63) is 29.8 Å². The highest BCUT2D eigenvalue weighted by Crippen LogP contribution is 2.11. The lowest BCUT2D eigenvalue weighted by Crippen LogP contribution is -2.51. The van der Waals surface area contributed by atoms with Crippen LogP contribution < -0.4 is 15.4 Å². The molecule has 1 aromatic carbocycles. The van der Waals surface area contributed by atoms with Crippen LogP contribution in [0.2, 0.25) is 0 Å². The summed E-state index contributed by atoms with van der Waals surface area (Å²) in [5, 5.41) is 4.59. The van der Waals surface area contributed by atoms with Gasteiger partial charge in [-0.15, -0.1) is 0 Å². The summed E-state index contributed by atoms with van der Waals surface area (Å²) in [6, 6.07) is 4.14. The number of ether oxygens (including phenoxy) is 1. The SMILES string of the molecule is Cc1ccc(S(=O)(=O)N[C@@H](C)C(=O)O[C@@H](C)C(=O)NC(=O)NC(C)(C)C)cc1. The van der Waals surface area contributed by atoms with Crippen molar-refractivity contribution in [1.82, 2.24) is 15.4 Å². The average molecular weight is 413 g/mol. The number of aryl methyl sites for hydroxylation is 1. The topological polar surface area (TPSA) is 131 Å². The third kappa shape index (κ3) is 7.65. The highest BCUT2D eigenvalue weighted by Gasteiger charge is 2.27. The summed E-state index contributed by atoms with van der Waals surface area (Å²) in [6.45, 7) is 9.61. The maximum Gasteiger partial charge on any atom is 0.324 e. The van der Waals surface area contributed by atoms with E-state index in [1.54, 1.807) is 32.9 Å². The van der Waals surface area contributed by atoms with Gasteiger partial charge < -0.3 is 10.1 Å². The molecule has 0 aliphatic rings. The first kappa shape index (κ1) is 23.6. The highest BCUT2D eigenvalue weighted by molar-refractivity contribution is 7.89. The van der Waals surface area contributed by atoms with Gasteiger partial charge in [-0.2, -0.15) is 4.72 Å². The maximum absolute atomic E-state index is 12.3. The van der Waals surface area contributed by atoms with Gasteiger partial charge in [0.15, 0.2) is 6.10 Å². The fourth-order valence-corrected chi connectivity index (χ4v) is 3.17. The van der Waals surface area contributed by atoms with Crippen LogP contribution >= 0.6 is 0 Å². The number of rotatable bonds is 6. The van der Waals surface area contributed by atoms with Gasteiger partial charge in [0, 0.05) is 5.54 Å². The minimum atomic E-state index is -3.93. The molecule has 0 radical (unpaired) electrons. The Morgan fingerprint density at radius 2 is 1.57 bits per heavy atom. The van der Waals surface area contributed by atoms with E-state index in [0.29, 0.717) is 0 Å². The average Bonchev–Trinajstić information content (AvgIpc) is 2.52. The van der Waals surface area contributed by atoms with E-state index in [1.165, 1.54) is 26.0 Å². The fraction of sp³-hybridized carbons (Fsp3) is 0.500. The lowest BCUT2D eigenvalue weighted by molar-refractivity contribution is -0.155. The number of benzene rings is 1. The molecule has 0 heterocycles. The molecule has 28 heavy (non-hydrogen) atoms. The monoisotopic (exact) mass is 413 g/mol. The maximum atomic E-state index is 12.3. The first-order chi connectivity index (χ1) is 12.7. The summed E-state index contributed by atoms with van der Waals surface area (Å²) in [7, 11) is -3.93. The van der Waals surface area contributed by atoms with E-state index in [-0.39, 0.29) is 4.90 Å². The number of urea groups is 1.